The molecule has 1 aliphatic rings. The predicted octanol–water partition coefficient (Wildman–Crippen LogP) is 5.40. The molecular weight excluding hydrogens is 467 g/mol. The molecule has 32 heavy (non-hydrogen) atoms. The SMILES string of the molecule is O=C1NC(=S)N(c2ccccc2)C(=O)/C1=C\c1ccc(OCc2ccc(Cl)c(Cl)c2)cc1. The van der Waals surface area contributed by atoms with Crippen LogP contribution in [-0.4, -0.2) is 16.9 Å². The number of carbonyl (C=O) groups is 2. The third kappa shape index (κ3) is 4.83. The quantitative estimate of drug-likeness (QED) is 0.300. The Labute approximate surface area is 200 Å². The van der Waals surface area contributed by atoms with E-state index in [9.17, 15) is 9.59 Å². The molecule has 1 heterocycles. The lowest BCUT2D eigenvalue weighted by molar-refractivity contribution is -0.122. The number of benzene rings is 3. The topological polar surface area (TPSA) is 58.6 Å². The lowest BCUT2D eigenvalue weighted by Crippen LogP contribution is -2.54. The summed E-state index contributed by atoms with van der Waals surface area (Å²) in [4.78, 5) is 26.7. The lowest BCUT2D eigenvalue weighted by atomic mass is 10.1. The fourth-order valence-electron chi connectivity index (χ4n) is 3.09. The van der Waals surface area contributed by atoms with Crippen molar-refractivity contribution in [2.24, 2.45) is 0 Å². The third-order valence-corrected chi connectivity index (χ3v) is 5.72. The number of hydrogen-bond acceptors (Lipinski definition) is 4. The van der Waals surface area contributed by atoms with Gasteiger partial charge in [0.25, 0.3) is 11.8 Å². The molecule has 0 bridgehead atoms. The van der Waals surface area contributed by atoms with Gasteiger partial charge < -0.3 is 4.74 Å². The fourth-order valence-corrected chi connectivity index (χ4v) is 3.69. The maximum atomic E-state index is 13.0. The molecule has 5 nitrogen and oxygen atoms in total. The molecule has 1 fully saturated rings. The summed E-state index contributed by atoms with van der Waals surface area (Å²) in [6.45, 7) is 0.321. The van der Waals surface area contributed by atoms with Gasteiger partial charge in [-0.1, -0.05) is 59.6 Å². The Morgan fingerprint density at radius 1 is 0.938 bits per heavy atom. The normalized spacial score (nSPS) is 15.1. The smallest absolute Gasteiger partial charge is 0.270 e. The Hall–Kier alpha value is -3.19. The summed E-state index contributed by atoms with van der Waals surface area (Å²) in [6, 6.07) is 21.3. The van der Waals surface area contributed by atoms with Crippen LogP contribution in [0.15, 0.2) is 78.4 Å². The van der Waals surface area contributed by atoms with Crippen LogP contribution in [-0.2, 0) is 16.2 Å². The highest BCUT2D eigenvalue weighted by molar-refractivity contribution is 7.80. The first kappa shape index (κ1) is 22.0. The van der Waals surface area contributed by atoms with E-state index < -0.39 is 11.8 Å². The summed E-state index contributed by atoms with van der Waals surface area (Å²) in [5.74, 6) is -0.387. The average Bonchev–Trinajstić information content (AvgIpc) is 2.79. The van der Waals surface area contributed by atoms with Crippen molar-refractivity contribution < 1.29 is 14.3 Å². The highest BCUT2D eigenvalue weighted by Crippen LogP contribution is 2.25. The van der Waals surface area contributed by atoms with Gasteiger partial charge in [-0.2, -0.15) is 0 Å². The van der Waals surface area contributed by atoms with Gasteiger partial charge >= 0.3 is 0 Å². The molecule has 1 N–H and O–H groups in total. The van der Waals surface area contributed by atoms with Crippen LogP contribution in [0.25, 0.3) is 6.08 Å². The zero-order valence-corrected chi connectivity index (χ0v) is 18.9. The number of rotatable bonds is 5. The van der Waals surface area contributed by atoms with Crippen molar-refractivity contribution >= 4 is 64.1 Å². The zero-order valence-electron chi connectivity index (χ0n) is 16.5. The molecule has 0 aromatic heterocycles. The molecule has 0 atom stereocenters. The second kappa shape index (κ2) is 9.53. The average molecular weight is 483 g/mol. The maximum absolute atomic E-state index is 13.0. The van der Waals surface area contributed by atoms with Crippen LogP contribution in [0.5, 0.6) is 5.75 Å². The van der Waals surface area contributed by atoms with E-state index in [1.54, 1.807) is 60.7 Å². The summed E-state index contributed by atoms with van der Waals surface area (Å²) in [5, 5.41) is 3.58. The van der Waals surface area contributed by atoms with Crippen LogP contribution in [0, 0.1) is 0 Å². The second-order valence-electron chi connectivity index (χ2n) is 6.90. The molecule has 0 spiro atoms. The first-order valence-electron chi connectivity index (χ1n) is 9.55. The zero-order chi connectivity index (χ0) is 22.7. The molecule has 8 heteroatoms. The Kier molecular flexibility index (Phi) is 6.55. The number of amides is 2. The van der Waals surface area contributed by atoms with Gasteiger partial charge in [0, 0.05) is 0 Å². The van der Waals surface area contributed by atoms with Gasteiger partial charge in [-0.25, -0.2) is 0 Å². The number of ether oxygens (including phenoxy) is 1. The largest absolute Gasteiger partial charge is 0.489 e. The summed E-state index contributed by atoms with van der Waals surface area (Å²) in [7, 11) is 0. The molecule has 0 aliphatic carbocycles. The molecule has 0 unspecified atom stereocenters. The standard InChI is InChI=1S/C24H16Cl2N2O3S/c25-20-11-8-16(13-21(20)26)14-31-18-9-6-15(7-10-18)12-19-22(29)27-24(32)28(23(19)30)17-4-2-1-3-5-17/h1-13H,14H2,(H,27,29,32)/b19-12-. The predicted molar refractivity (Wildman–Crippen MR) is 130 cm³/mol. The molecule has 3 aromatic carbocycles. The van der Waals surface area contributed by atoms with E-state index in [0.717, 1.165) is 5.56 Å². The first-order valence-corrected chi connectivity index (χ1v) is 10.7. The number of nitrogens with zero attached hydrogens (tertiary/aromatic N) is 1. The van der Waals surface area contributed by atoms with Gasteiger partial charge in [-0.15, -0.1) is 0 Å². The van der Waals surface area contributed by atoms with Gasteiger partial charge in [0.05, 0.1) is 15.7 Å². The van der Waals surface area contributed by atoms with Crippen LogP contribution in [0.2, 0.25) is 10.0 Å². The molecule has 2 amide bonds. The van der Waals surface area contributed by atoms with E-state index in [-0.39, 0.29) is 10.7 Å². The van der Waals surface area contributed by atoms with Crippen LogP contribution < -0.4 is 15.0 Å². The van der Waals surface area contributed by atoms with Gasteiger partial charge in [0.1, 0.15) is 17.9 Å². The number of anilines is 1. The molecule has 160 valence electrons. The van der Waals surface area contributed by atoms with Crippen molar-refractivity contribution in [3.05, 3.63) is 99.5 Å². The van der Waals surface area contributed by atoms with Crippen LogP contribution in [0.4, 0.5) is 5.69 Å². The van der Waals surface area contributed by atoms with E-state index in [2.05, 4.69) is 5.32 Å². The van der Waals surface area contributed by atoms with Crippen molar-refractivity contribution in [2.75, 3.05) is 4.90 Å². The van der Waals surface area contributed by atoms with Gasteiger partial charge in [-0.05, 0) is 65.8 Å². The highest BCUT2D eigenvalue weighted by Gasteiger charge is 2.34. The van der Waals surface area contributed by atoms with E-state index in [0.29, 0.717) is 33.7 Å². The van der Waals surface area contributed by atoms with Crippen LogP contribution in [0.3, 0.4) is 0 Å². The molecule has 3 aromatic rings. The van der Waals surface area contributed by atoms with Crippen LogP contribution in [0.1, 0.15) is 11.1 Å². The number of carbonyl (C=O) groups excluding carboxylic acids is 2. The Morgan fingerprint density at radius 2 is 1.66 bits per heavy atom. The highest BCUT2D eigenvalue weighted by atomic mass is 35.5. The third-order valence-electron chi connectivity index (χ3n) is 4.70. The number of thiocarbonyl (C=S) groups is 1. The minimum atomic E-state index is -0.535. The summed E-state index contributed by atoms with van der Waals surface area (Å²) in [6.07, 6.45) is 1.53. The minimum Gasteiger partial charge on any atom is -0.489 e. The molecular formula is C24H16Cl2N2O3S. The van der Waals surface area contributed by atoms with Crippen molar-refractivity contribution in [2.45, 2.75) is 6.61 Å². The fraction of sp³-hybridized carbons (Fsp3) is 0.0417. The van der Waals surface area contributed by atoms with Crippen molar-refractivity contribution in [3.8, 4) is 5.75 Å². The number of halogens is 2. The van der Waals surface area contributed by atoms with Crippen LogP contribution >= 0.6 is 35.4 Å². The van der Waals surface area contributed by atoms with E-state index in [1.165, 1.54) is 11.0 Å². The first-order chi connectivity index (χ1) is 15.4. The number of hydrogen-bond donors (Lipinski definition) is 1. The molecule has 4 rings (SSSR count). The summed E-state index contributed by atoms with van der Waals surface area (Å²) < 4.78 is 5.77. The van der Waals surface area contributed by atoms with Gasteiger partial charge in [-0.3, -0.25) is 19.8 Å². The molecule has 1 saturated heterocycles. The number of para-hydroxylation sites is 1. The Morgan fingerprint density at radius 3 is 2.34 bits per heavy atom. The summed E-state index contributed by atoms with van der Waals surface area (Å²) >= 11 is 17.1. The molecule has 0 saturated carbocycles. The van der Waals surface area contributed by atoms with E-state index in [4.69, 9.17) is 40.2 Å². The van der Waals surface area contributed by atoms with E-state index >= 15 is 0 Å². The Bertz CT molecular complexity index is 1230. The Balaban J connectivity index is 1.50. The van der Waals surface area contributed by atoms with Gasteiger partial charge in [0.2, 0.25) is 0 Å². The second-order valence-corrected chi connectivity index (χ2v) is 8.10. The minimum absolute atomic E-state index is 0.00747. The lowest BCUT2D eigenvalue weighted by Gasteiger charge is -2.28. The number of nitrogens with one attached hydrogen (secondary N) is 1. The van der Waals surface area contributed by atoms with Crippen molar-refractivity contribution in [1.29, 1.82) is 0 Å². The monoisotopic (exact) mass is 482 g/mol. The molecule has 1 aliphatic heterocycles. The molecule has 0 radical (unpaired) electrons. The van der Waals surface area contributed by atoms with Crippen molar-refractivity contribution in [1.82, 2.24) is 5.32 Å². The summed E-state index contributed by atoms with van der Waals surface area (Å²) in [5.41, 5.74) is 2.13. The maximum Gasteiger partial charge on any atom is 0.270 e. The van der Waals surface area contributed by atoms with E-state index in [1.807, 2.05) is 12.1 Å². The van der Waals surface area contributed by atoms with Crippen molar-refractivity contribution in [3.63, 3.8) is 0 Å². The van der Waals surface area contributed by atoms with Gasteiger partial charge in [0.15, 0.2) is 5.11 Å².